The van der Waals surface area contributed by atoms with Crippen molar-refractivity contribution in [1.82, 2.24) is 4.98 Å². The summed E-state index contributed by atoms with van der Waals surface area (Å²) in [7, 11) is 0. The molecule has 0 amide bonds. The molecule has 0 bridgehead atoms. The average Bonchev–Trinajstić information content (AvgIpc) is 2.47. The van der Waals surface area contributed by atoms with Gasteiger partial charge in [0.15, 0.2) is 0 Å². The van der Waals surface area contributed by atoms with Crippen molar-refractivity contribution in [1.29, 1.82) is 0 Å². The smallest absolute Gasteiger partial charge is 0.337 e. The van der Waals surface area contributed by atoms with Gasteiger partial charge in [0, 0.05) is 21.9 Å². The van der Waals surface area contributed by atoms with Crippen LogP contribution in [0.3, 0.4) is 0 Å². The fraction of sp³-hybridized carbons (Fsp3) is 0. The van der Waals surface area contributed by atoms with Crippen molar-refractivity contribution in [2.45, 2.75) is 9.92 Å². The van der Waals surface area contributed by atoms with Crippen LogP contribution in [-0.4, -0.2) is 16.1 Å². The molecule has 3 nitrogen and oxygen atoms in total. The van der Waals surface area contributed by atoms with Crippen LogP contribution in [0.4, 0.5) is 4.39 Å². The number of hydrogen-bond donors (Lipinski definition) is 1. The molecule has 0 fully saturated rings. The monoisotopic (exact) mass is 299 g/mol. The van der Waals surface area contributed by atoms with Crippen molar-refractivity contribution in [3.63, 3.8) is 0 Å². The fourth-order valence-electron chi connectivity index (χ4n) is 2.06. The van der Waals surface area contributed by atoms with Gasteiger partial charge < -0.3 is 5.11 Å². The van der Waals surface area contributed by atoms with Gasteiger partial charge in [-0.05, 0) is 18.2 Å². The van der Waals surface area contributed by atoms with Crippen molar-refractivity contribution < 1.29 is 14.3 Å². The first-order valence-electron chi connectivity index (χ1n) is 6.19. The van der Waals surface area contributed by atoms with Crippen LogP contribution in [0.1, 0.15) is 10.4 Å². The first-order chi connectivity index (χ1) is 10.1. The van der Waals surface area contributed by atoms with Gasteiger partial charge in [-0.15, -0.1) is 0 Å². The first kappa shape index (κ1) is 13.6. The summed E-state index contributed by atoms with van der Waals surface area (Å²) < 4.78 is 13.2. The zero-order chi connectivity index (χ0) is 14.8. The SMILES string of the molecule is O=C(O)c1cnc(Sc2cccc(F)c2)c2ccccc12. The summed E-state index contributed by atoms with van der Waals surface area (Å²) in [6.07, 6.45) is 1.34. The molecule has 3 aromatic rings. The predicted molar refractivity (Wildman–Crippen MR) is 79.2 cm³/mol. The zero-order valence-corrected chi connectivity index (χ0v) is 11.6. The van der Waals surface area contributed by atoms with E-state index in [1.807, 2.05) is 12.1 Å². The lowest BCUT2D eigenvalue weighted by Crippen LogP contribution is -1.99. The summed E-state index contributed by atoms with van der Waals surface area (Å²) in [6, 6.07) is 13.4. The number of aromatic carboxylic acids is 1. The molecule has 21 heavy (non-hydrogen) atoms. The molecule has 1 heterocycles. The third-order valence-electron chi connectivity index (χ3n) is 3.00. The van der Waals surface area contributed by atoms with Crippen molar-refractivity contribution in [3.8, 4) is 0 Å². The van der Waals surface area contributed by atoms with Crippen LogP contribution in [0.25, 0.3) is 10.8 Å². The number of rotatable bonds is 3. The number of aromatic nitrogens is 1. The predicted octanol–water partition coefficient (Wildman–Crippen LogP) is 4.22. The highest BCUT2D eigenvalue weighted by Gasteiger charge is 2.13. The minimum absolute atomic E-state index is 0.161. The number of benzene rings is 2. The summed E-state index contributed by atoms with van der Waals surface area (Å²) in [5.74, 6) is -1.33. The Morgan fingerprint density at radius 3 is 2.57 bits per heavy atom. The number of pyridine rings is 1. The van der Waals surface area contributed by atoms with Crippen molar-refractivity contribution in [2.24, 2.45) is 0 Å². The highest BCUT2D eigenvalue weighted by molar-refractivity contribution is 7.99. The molecule has 104 valence electrons. The highest BCUT2D eigenvalue weighted by Crippen LogP contribution is 2.33. The van der Waals surface area contributed by atoms with Gasteiger partial charge in [0.25, 0.3) is 0 Å². The van der Waals surface area contributed by atoms with Crippen molar-refractivity contribution in [3.05, 3.63) is 66.1 Å². The molecule has 1 aromatic heterocycles. The van der Waals surface area contributed by atoms with Gasteiger partial charge in [-0.25, -0.2) is 14.2 Å². The molecule has 0 unspecified atom stereocenters. The molecule has 0 radical (unpaired) electrons. The van der Waals surface area contributed by atoms with E-state index in [9.17, 15) is 14.3 Å². The molecular formula is C16H10FNO2S. The van der Waals surface area contributed by atoms with Gasteiger partial charge in [0.05, 0.1) is 5.56 Å². The number of fused-ring (bicyclic) bond motifs is 1. The summed E-state index contributed by atoms with van der Waals surface area (Å²) in [5, 5.41) is 11.2. The Labute approximate surface area is 124 Å². The third kappa shape index (κ3) is 2.73. The Balaban J connectivity index is 2.12. The van der Waals surface area contributed by atoms with E-state index in [0.29, 0.717) is 10.4 Å². The zero-order valence-electron chi connectivity index (χ0n) is 10.8. The number of halogens is 1. The molecule has 0 aliphatic heterocycles. The van der Waals surface area contributed by atoms with E-state index in [-0.39, 0.29) is 11.4 Å². The van der Waals surface area contributed by atoms with E-state index >= 15 is 0 Å². The van der Waals surface area contributed by atoms with Crippen LogP contribution in [0.2, 0.25) is 0 Å². The molecule has 0 saturated carbocycles. The quantitative estimate of drug-likeness (QED) is 0.786. The minimum atomic E-state index is -1.01. The second kappa shape index (κ2) is 5.54. The lowest BCUT2D eigenvalue weighted by molar-refractivity contribution is 0.0698. The van der Waals surface area contributed by atoms with Crippen molar-refractivity contribution >= 4 is 28.5 Å². The maximum absolute atomic E-state index is 13.2. The van der Waals surface area contributed by atoms with Crippen LogP contribution >= 0.6 is 11.8 Å². The molecule has 0 aliphatic rings. The molecule has 0 saturated heterocycles. The lowest BCUT2D eigenvalue weighted by atomic mass is 10.1. The van der Waals surface area contributed by atoms with Crippen molar-refractivity contribution in [2.75, 3.05) is 0 Å². The number of hydrogen-bond acceptors (Lipinski definition) is 3. The molecule has 0 atom stereocenters. The number of nitrogens with zero attached hydrogens (tertiary/aromatic N) is 1. The Hall–Kier alpha value is -2.40. The van der Waals surface area contributed by atoms with E-state index in [2.05, 4.69) is 4.98 Å². The van der Waals surface area contributed by atoms with Gasteiger partial charge in [-0.1, -0.05) is 42.1 Å². The Kier molecular flexibility index (Phi) is 3.58. The number of carbonyl (C=O) groups is 1. The van der Waals surface area contributed by atoms with Gasteiger partial charge >= 0.3 is 5.97 Å². The molecule has 3 rings (SSSR count). The van der Waals surface area contributed by atoms with Gasteiger partial charge in [-0.2, -0.15) is 0 Å². The van der Waals surface area contributed by atoms with E-state index < -0.39 is 5.97 Å². The van der Waals surface area contributed by atoms with Crippen LogP contribution in [0, 0.1) is 5.82 Å². The second-order valence-corrected chi connectivity index (χ2v) is 5.45. The molecule has 2 aromatic carbocycles. The Morgan fingerprint density at radius 1 is 1.10 bits per heavy atom. The largest absolute Gasteiger partial charge is 0.478 e. The summed E-state index contributed by atoms with van der Waals surface area (Å²) in [5.41, 5.74) is 0.161. The standard InChI is InChI=1S/C16H10FNO2S/c17-10-4-3-5-11(8-10)21-15-13-7-2-1-6-12(13)14(9-18-15)16(19)20/h1-9H,(H,19,20). The number of carboxylic acids is 1. The maximum atomic E-state index is 13.2. The molecular weight excluding hydrogens is 289 g/mol. The molecule has 0 aliphatic carbocycles. The van der Waals surface area contributed by atoms with Gasteiger partial charge in [-0.3, -0.25) is 0 Å². The van der Waals surface area contributed by atoms with Crippen LogP contribution < -0.4 is 0 Å². The second-order valence-electron chi connectivity index (χ2n) is 4.39. The number of carboxylic acid groups (broad SMARTS) is 1. The van der Waals surface area contributed by atoms with Gasteiger partial charge in [0.2, 0.25) is 0 Å². The first-order valence-corrected chi connectivity index (χ1v) is 7.01. The van der Waals surface area contributed by atoms with Crippen LogP contribution in [0.5, 0.6) is 0 Å². The molecule has 5 heteroatoms. The van der Waals surface area contributed by atoms with E-state index in [4.69, 9.17) is 0 Å². The molecule has 1 N–H and O–H groups in total. The summed E-state index contributed by atoms with van der Waals surface area (Å²) in [6.45, 7) is 0. The van der Waals surface area contributed by atoms with E-state index in [1.54, 1.807) is 24.3 Å². The van der Waals surface area contributed by atoms with Crippen LogP contribution in [-0.2, 0) is 0 Å². The lowest BCUT2D eigenvalue weighted by Gasteiger charge is -2.07. The van der Waals surface area contributed by atoms with Crippen LogP contribution in [0.15, 0.2) is 64.6 Å². The normalized spacial score (nSPS) is 10.7. The minimum Gasteiger partial charge on any atom is -0.478 e. The summed E-state index contributed by atoms with van der Waals surface area (Å²) in [4.78, 5) is 16.2. The average molecular weight is 299 g/mol. The molecule has 0 spiro atoms. The topological polar surface area (TPSA) is 50.2 Å². The Morgan fingerprint density at radius 2 is 1.86 bits per heavy atom. The Bertz CT molecular complexity index is 835. The summed E-state index contributed by atoms with van der Waals surface area (Å²) >= 11 is 1.31. The van der Waals surface area contributed by atoms with Gasteiger partial charge in [0.1, 0.15) is 10.8 Å². The van der Waals surface area contributed by atoms with E-state index in [0.717, 1.165) is 10.3 Å². The third-order valence-corrected chi connectivity index (χ3v) is 4.01. The fourth-order valence-corrected chi connectivity index (χ4v) is 3.00. The highest BCUT2D eigenvalue weighted by atomic mass is 32.2. The van der Waals surface area contributed by atoms with E-state index in [1.165, 1.54) is 30.1 Å². The maximum Gasteiger partial charge on any atom is 0.337 e.